The first kappa shape index (κ1) is 16.9. The van der Waals surface area contributed by atoms with E-state index in [1.807, 2.05) is 12.1 Å². The summed E-state index contributed by atoms with van der Waals surface area (Å²) in [5.41, 5.74) is 12.2. The highest BCUT2D eigenvalue weighted by Crippen LogP contribution is 2.05. The summed E-state index contributed by atoms with van der Waals surface area (Å²) in [5, 5.41) is 17.3. The van der Waals surface area contributed by atoms with Crippen LogP contribution >= 0.6 is 0 Å². The summed E-state index contributed by atoms with van der Waals surface area (Å²) in [4.78, 5) is 0. The summed E-state index contributed by atoms with van der Waals surface area (Å²) in [5.74, 6) is 0.644. The van der Waals surface area contributed by atoms with Crippen molar-refractivity contribution in [2.24, 2.45) is 0 Å². The van der Waals surface area contributed by atoms with Crippen LogP contribution in [-0.4, -0.2) is 10.2 Å². The number of hydrogen-bond acceptors (Lipinski definition) is 4. The average molecular weight is 296 g/mol. The summed E-state index contributed by atoms with van der Waals surface area (Å²) in [6.07, 6.45) is 0. The van der Waals surface area contributed by atoms with Crippen LogP contribution in [-0.2, 0) is 0 Å². The molecule has 6 N–H and O–H groups in total. The second-order valence-corrected chi connectivity index (χ2v) is 4.34. The predicted molar refractivity (Wildman–Crippen MR) is 91.5 cm³/mol. The fraction of sp³-hybridized carbons (Fsp3) is 0. The minimum atomic E-state index is 0.322. The highest BCUT2D eigenvalue weighted by Gasteiger charge is 1.80. The van der Waals surface area contributed by atoms with Gasteiger partial charge >= 0.3 is 0 Å². The predicted octanol–water partition coefficient (Wildman–Crippen LogP) is 3.64. The Morgan fingerprint density at radius 2 is 0.727 bits per heavy atom. The zero-order valence-electron chi connectivity index (χ0n) is 12.1. The Labute approximate surface area is 130 Å². The lowest BCUT2D eigenvalue weighted by atomic mass is 10.3. The third-order valence-electron chi connectivity index (χ3n) is 2.45. The van der Waals surface area contributed by atoms with Crippen molar-refractivity contribution in [1.82, 2.24) is 0 Å². The third kappa shape index (κ3) is 8.12. The Morgan fingerprint density at radius 1 is 0.455 bits per heavy atom. The molecule has 0 bridgehead atoms. The van der Waals surface area contributed by atoms with Gasteiger partial charge in [-0.05, 0) is 48.5 Å². The number of benzene rings is 3. The van der Waals surface area contributed by atoms with Crippen molar-refractivity contribution in [2.45, 2.75) is 0 Å². The zero-order valence-corrected chi connectivity index (χ0v) is 12.1. The van der Waals surface area contributed by atoms with Crippen LogP contribution < -0.4 is 11.5 Å². The summed E-state index contributed by atoms with van der Waals surface area (Å²) < 4.78 is 0. The van der Waals surface area contributed by atoms with Crippen molar-refractivity contribution < 1.29 is 10.2 Å². The minimum absolute atomic E-state index is 0.322. The number of aromatic hydroxyl groups is 2. The Kier molecular flexibility index (Phi) is 7.47. The molecule has 0 amide bonds. The lowest BCUT2D eigenvalue weighted by Gasteiger charge is -1.90. The number of nitrogens with two attached hydrogens (primary N) is 2. The lowest BCUT2D eigenvalue weighted by molar-refractivity contribution is 0.475. The number of para-hydroxylation sites is 2. The van der Waals surface area contributed by atoms with Crippen molar-refractivity contribution in [2.75, 3.05) is 11.5 Å². The van der Waals surface area contributed by atoms with Crippen LogP contribution in [0.3, 0.4) is 0 Å². The Morgan fingerprint density at radius 3 is 0.909 bits per heavy atom. The van der Waals surface area contributed by atoms with Crippen molar-refractivity contribution in [3.63, 3.8) is 0 Å². The number of nitrogen functional groups attached to an aromatic ring is 2. The maximum absolute atomic E-state index is 8.63. The molecule has 3 aromatic rings. The lowest BCUT2D eigenvalue weighted by Crippen LogP contribution is -1.86. The molecule has 0 fully saturated rings. The van der Waals surface area contributed by atoms with E-state index in [2.05, 4.69) is 0 Å². The van der Waals surface area contributed by atoms with Gasteiger partial charge in [0, 0.05) is 11.4 Å². The Hall–Kier alpha value is -3.14. The first-order chi connectivity index (χ1) is 10.6. The molecule has 0 aliphatic rings. The van der Waals surface area contributed by atoms with Crippen LogP contribution in [0.5, 0.6) is 11.5 Å². The molecule has 4 heteroatoms. The first-order valence-corrected chi connectivity index (χ1v) is 6.67. The van der Waals surface area contributed by atoms with Crippen LogP contribution in [0.25, 0.3) is 0 Å². The number of phenols is 2. The fourth-order valence-electron chi connectivity index (χ4n) is 1.35. The molecular formula is C18H20N2O2. The fourth-order valence-corrected chi connectivity index (χ4v) is 1.35. The number of hydrogen-bond donors (Lipinski definition) is 4. The molecule has 0 radical (unpaired) electrons. The van der Waals surface area contributed by atoms with E-state index < -0.39 is 0 Å². The molecule has 0 heterocycles. The van der Waals surface area contributed by atoms with Crippen LogP contribution in [0.15, 0.2) is 84.9 Å². The molecular weight excluding hydrogens is 276 g/mol. The van der Waals surface area contributed by atoms with E-state index in [0.29, 0.717) is 11.5 Å². The maximum Gasteiger partial charge on any atom is 0.115 e. The van der Waals surface area contributed by atoms with E-state index >= 15 is 0 Å². The molecule has 0 aromatic heterocycles. The normalized spacial score (nSPS) is 8.73. The monoisotopic (exact) mass is 296 g/mol. The van der Waals surface area contributed by atoms with Gasteiger partial charge in [0.25, 0.3) is 0 Å². The molecule has 3 aromatic carbocycles. The SMILES string of the molecule is Nc1ccc(N)cc1.Oc1ccccc1.Oc1ccccc1. The summed E-state index contributed by atoms with van der Waals surface area (Å²) in [6.45, 7) is 0. The second kappa shape index (κ2) is 9.72. The quantitative estimate of drug-likeness (QED) is 0.477. The van der Waals surface area contributed by atoms with Gasteiger partial charge in [0.15, 0.2) is 0 Å². The molecule has 0 aliphatic carbocycles. The Bertz CT molecular complexity index is 568. The van der Waals surface area contributed by atoms with Crippen molar-refractivity contribution >= 4 is 11.4 Å². The largest absolute Gasteiger partial charge is 0.508 e. The molecule has 4 nitrogen and oxygen atoms in total. The minimum Gasteiger partial charge on any atom is -0.508 e. The van der Waals surface area contributed by atoms with E-state index in [1.165, 1.54) is 0 Å². The van der Waals surface area contributed by atoms with Gasteiger partial charge in [-0.2, -0.15) is 0 Å². The van der Waals surface area contributed by atoms with Crippen LogP contribution in [0.1, 0.15) is 0 Å². The van der Waals surface area contributed by atoms with Gasteiger partial charge in [0.2, 0.25) is 0 Å². The van der Waals surface area contributed by atoms with E-state index in [4.69, 9.17) is 21.7 Å². The number of anilines is 2. The first-order valence-electron chi connectivity index (χ1n) is 6.67. The van der Waals surface area contributed by atoms with Crippen LogP contribution in [0.2, 0.25) is 0 Å². The van der Waals surface area contributed by atoms with E-state index in [-0.39, 0.29) is 0 Å². The van der Waals surface area contributed by atoms with Gasteiger partial charge in [-0.25, -0.2) is 0 Å². The molecule has 0 saturated carbocycles. The molecule has 114 valence electrons. The van der Waals surface area contributed by atoms with Crippen molar-refractivity contribution in [3.05, 3.63) is 84.9 Å². The average Bonchev–Trinajstić information content (AvgIpc) is 2.53. The molecule has 0 spiro atoms. The summed E-state index contributed by atoms with van der Waals surface area (Å²) in [7, 11) is 0. The second-order valence-electron chi connectivity index (χ2n) is 4.34. The van der Waals surface area contributed by atoms with E-state index in [9.17, 15) is 0 Å². The van der Waals surface area contributed by atoms with Crippen LogP contribution in [0.4, 0.5) is 11.4 Å². The van der Waals surface area contributed by atoms with Gasteiger partial charge in [0.1, 0.15) is 11.5 Å². The molecule has 0 aliphatic heterocycles. The number of phenolic OH excluding ortho intramolecular Hbond substituents is 2. The van der Waals surface area contributed by atoms with E-state index in [0.717, 1.165) is 11.4 Å². The maximum atomic E-state index is 8.63. The summed E-state index contributed by atoms with van der Waals surface area (Å²) >= 11 is 0. The highest BCUT2D eigenvalue weighted by atomic mass is 16.3. The van der Waals surface area contributed by atoms with Gasteiger partial charge in [-0.3, -0.25) is 0 Å². The topological polar surface area (TPSA) is 92.5 Å². The van der Waals surface area contributed by atoms with Gasteiger partial charge < -0.3 is 21.7 Å². The Balaban J connectivity index is 0.000000166. The summed E-state index contributed by atoms with van der Waals surface area (Å²) in [6, 6.07) is 24.5. The van der Waals surface area contributed by atoms with Gasteiger partial charge in [0.05, 0.1) is 0 Å². The molecule has 0 unspecified atom stereocenters. The smallest absolute Gasteiger partial charge is 0.115 e. The van der Waals surface area contributed by atoms with Gasteiger partial charge in [-0.1, -0.05) is 36.4 Å². The highest BCUT2D eigenvalue weighted by molar-refractivity contribution is 5.47. The molecule has 22 heavy (non-hydrogen) atoms. The third-order valence-corrected chi connectivity index (χ3v) is 2.45. The molecule has 0 atom stereocenters. The molecule has 3 rings (SSSR count). The number of rotatable bonds is 0. The molecule has 0 saturated heterocycles. The van der Waals surface area contributed by atoms with Gasteiger partial charge in [-0.15, -0.1) is 0 Å². The van der Waals surface area contributed by atoms with E-state index in [1.54, 1.807) is 72.8 Å². The van der Waals surface area contributed by atoms with Crippen molar-refractivity contribution in [3.8, 4) is 11.5 Å². The zero-order chi connectivity index (χ0) is 16.2. The van der Waals surface area contributed by atoms with Crippen molar-refractivity contribution in [1.29, 1.82) is 0 Å². The standard InChI is InChI=1S/C6H8N2.2C6H6O/c7-5-1-2-6(8)4-3-5;2*7-6-4-2-1-3-5-6/h1-4H,7-8H2;2*1-5,7H. The van der Waals surface area contributed by atoms with Crippen LogP contribution in [0, 0.1) is 0 Å².